The average molecular weight is 144 g/mol. The van der Waals surface area contributed by atoms with Crippen LogP contribution in [0.5, 0.6) is 0 Å². The summed E-state index contributed by atoms with van der Waals surface area (Å²) in [6, 6.07) is 0. The van der Waals surface area contributed by atoms with Crippen molar-refractivity contribution < 1.29 is 14.6 Å². The van der Waals surface area contributed by atoms with Crippen molar-refractivity contribution in [3.63, 3.8) is 0 Å². The van der Waals surface area contributed by atoms with Crippen LogP contribution in [0.1, 0.15) is 12.8 Å². The summed E-state index contributed by atoms with van der Waals surface area (Å²) in [5.41, 5.74) is 0. The highest BCUT2D eigenvalue weighted by Gasteiger charge is 1.96. The van der Waals surface area contributed by atoms with E-state index in [4.69, 9.17) is 5.11 Å². The topological polar surface area (TPSA) is 46.5 Å². The van der Waals surface area contributed by atoms with Gasteiger partial charge in [0.25, 0.3) is 0 Å². The van der Waals surface area contributed by atoms with Crippen molar-refractivity contribution >= 4 is 5.97 Å². The van der Waals surface area contributed by atoms with Crippen LogP contribution >= 0.6 is 0 Å². The number of aliphatic hydroxyl groups excluding tert-OH is 1. The molecule has 0 aromatic carbocycles. The van der Waals surface area contributed by atoms with Gasteiger partial charge in [0.1, 0.15) is 0 Å². The van der Waals surface area contributed by atoms with E-state index in [2.05, 4.69) is 11.3 Å². The lowest BCUT2D eigenvalue weighted by atomic mass is 10.4. The Morgan fingerprint density at radius 1 is 1.70 bits per heavy atom. The van der Waals surface area contributed by atoms with Crippen LogP contribution in [0.15, 0.2) is 12.7 Å². The first kappa shape index (κ1) is 9.17. The molecule has 0 aromatic heterocycles. The van der Waals surface area contributed by atoms with Crippen LogP contribution in [-0.4, -0.2) is 24.3 Å². The van der Waals surface area contributed by atoms with Crippen LogP contribution in [0, 0.1) is 0 Å². The summed E-state index contributed by atoms with van der Waals surface area (Å²) < 4.78 is 4.65. The van der Waals surface area contributed by atoms with E-state index in [1.165, 1.54) is 6.08 Å². The van der Waals surface area contributed by atoms with Gasteiger partial charge < -0.3 is 9.84 Å². The molecule has 0 aliphatic heterocycles. The molecule has 0 atom stereocenters. The first-order chi connectivity index (χ1) is 4.81. The second-order valence-electron chi connectivity index (χ2n) is 1.79. The lowest BCUT2D eigenvalue weighted by molar-refractivity contribution is -0.142. The Hall–Kier alpha value is -0.830. The maximum absolute atomic E-state index is 10.5. The zero-order valence-electron chi connectivity index (χ0n) is 5.88. The monoisotopic (exact) mass is 144 g/mol. The van der Waals surface area contributed by atoms with Crippen molar-refractivity contribution in [3.8, 4) is 0 Å². The highest BCUT2D eigenvalue weighted by molar-refractivity contribution is 5.70. The predicted octanol–water partition coefficient (Wildman–Crippen LogP) is 0.488. The Morgan fingerprint density at radius 2 is 2.40 bits per heavy atom. The van der Waals surface area contributed by atoms with E-state index in [1.807, 2.05) is 0 Å². The summed E-state index contributed by atoms with van der Waals surface area (Å²) >= 11 is 0. The fourth-order valence-corrected chi connectivity index (χ4v) is 0.427. The van der Waals surface area contributed by atoms with Gasteiger partial charge in [0, 0.05) is 13.0 Å². The van der Waals surface area contributed by atoms with Gasteiger partial charge in [-0.3, -0.25) is 4.79 Å². The Labute approximate surface area is 60.3 Å². The summed E-state index contributed by atoms with van der Waals surface area (Å²) in [4.78, 5) is 10.5. The second kappa shape index (κ2) is 6.29. The highest BCUT2D eigenvalue weighted by Crippen LogP contribution is 1.88. The summed E-state index contributed by atoms with van der Waals surface area (Å²) in [6.07, 6.45) is 2.23. The first-order valence-corrected chi connectivity index (χ1v) is 3.18. The molecule has 0 radical (unpaired) electrons. The molecule has 58 valence electrons. The zero-order valence-corrected chi connectivity index (χ0v) is 5.88. The number of carbonyl (C=O) groups excluding carboxylic acids is 1. The molecule has 1 N–H and O–H groups in total. The molecular weight excluding hydrogens is 132 g/mol. The molecule has 3 nitrogen and oxygen atoms in total. The third-order valence-corrected chi connectivity index (χ3v) is 0.877. The maximum Gasteiger partial charge on any atom is 0.309 e. The maximum atomic E-state index is 10.5. The van der Waals surface area contributed by atoms with Gasteiger partial charge in [0.2, 0.25) is 0 Å². The van der Waals surface area contributed by atoms with Crippen LogP contribution in [0.3, 0.4) is 0 Å². The fourth-order valence-electron chi connectivity index (χ4n) is 0.427. The van der Waals surface area contributed by atoms with E-state index in [-0.39, 0.29) is 19.0 Å². The Balaban J connectivity index is 3.13. The summed E-state index contributed by atoms with van der Waals surface area (Å²) in [5, 5.41) is 8.30. The van der Waals surface area contributed by atoms with Crippen LogP contribution in [0.25, 0.3) is 0 Å². The quantitative estimate of drug-likeness (QED) is 0.347. The van der Waals surface area contributed by atoms with Gasteiger partial charge in [-0.2, -0.15) is 0 Å². The number of ether oxygens (including phenoxy) is 1. The van der Waals surface area contributed by atoms with Crippen molar-refractivity contribution in [1.82, 2.24) is 0 Å². The van der Waals surface area contributed by atoms with Crippen LogP contribution in [-0.2, 0) is 9.53 Å². The van der Waals surface area contributed by atoms with E-state index < -0.39 is 0 Å². The molecule has 0 heterocycles. The number of aliphatic hydroxyl groups is 1. The fraction of sp³-hybridized carbons (Fsp3) is 0.571. The number of esters is 1. The second-order valence-corrected chi connectivity index (χ2v) is 1.79. The van der Waals surface area contributed by atoms with Crippen molar-refractivity contribution in [1.29, 1.82) is 0 Å². The summed E-state index contributed by atoms with van der Waals surface area (Å²) in [5.74, 6) is -0.288. The summed E-state index contributed by atoms with van der Waals surface area (Å²) in [6.45, 7) is 3.73. The molecule has 0 amide bonds. The van der Waals surface area contributed by atoms with Crippen molar-refractivity contribution in [2.45, 2.75) is 12.8 Å². The largest absolute Gasteiger partial charge is 0.465 e. The minimum absolute atomic E-state index is 0.0569. The lowest BCUT2D eigenvalue weighted by Gasteiger charge is -1.99. The van der Waals surface area contributed by atoms with Crippen LogP contribution < -0.4 is 0 Å². The summed E-state index contributed by atoms with van der Waals surface area (Å²) in [7, 11) is 0. The van der Waals surface area contributed by atoms with Crippen molar-refractivity contribution in [2.24, 2.45) is 0 Å². The molecule has 0 fully saturated rings. The molecule has 3 heteroatoms. The van der Waals surface area contributed by atoms with Crippen molar-refractivity contribution in [2.75, 3.05) is 13.2 Å². The van der Waals surface area contributed by atoms with Gasteiger partial charge in [0.05, 0.1) is 13.0 Å². The molecule has 0 saturated carbocycles. The van der Waals surface area contributed by atoms with Gasteiger partial charge >= 0.3 is 5.97 Å². The standard InChI is InChI=1S/C7H12O3/c1-2-4-7(9)10-6-3-5-8/h2,8H,1,3-6H2. The van der Waals surface area contributed by atoms with E-state index in [0.29, 0.717) is 13.0 Å². The predicted molar refractivity (Wildman–Crippen MR) is 37.5 cm³/mol. The Bertz CT molecular complexity index is 109. The van der Waals surface area contributed by atoms with E-state index in [1.54, 1.807) is 0 Å². The Morgan fingerprint density at radius 3 is 2.90 bits per heavy atom. The van der Waals surface area contributed by atoms with Gasteiger partial charge in [-0.1, -0.05) is 6.08 Å². The van der Waals surface area contributed by atoms with Gasteiger partial charge in [-0.25, -0.2) is 0 Å². The molecule has 0 unspecified atom stereocenters. The van der Waals surface area contributed by atoms with Crippen LogP contribution in [0.2, 0.25) is 0 Å². The van der Waals surface area contributed by atoms with Gasteiger partial charge in [0.15, 0.2) is 0 Å². The highest BCUT2D eigenvalue weighted by atomic mass is 16.5. The molecule has 0 aliphatic carbocycles. The number of rotatable bonds is 5. The third-order valence-electron chi connectivity index (χ3n) is 0.877. The Kier molecular flexibility index (Phi) is 5.77. The molecule has 10 heavy (non-hydrogen) atoms. The molecule has 0 aliphatic rings. The van der Waals surface area contributed by atoms with E-state index in [9.17, 15) is 4.79 Å². The van der Waals surface area contributed by atoms with E-state index in [0.717, 1.165) is 0 Å². The smallest absolute Gasteiger partial charge is 0.309 e. The average Bonchev–Trinajstić information content (AvgIpc) is 1.89. The molecule has 0 aromatic rings. The molecule has 0 bridgehead atoms. The van der Waals surface area contributed by atoms with Crippen molar-refractivity contribution in [3.05, 3.63) is 12.7 Å². The normalized spacial score (nSPS) is 8.90. The van der Waals surface area contributed by atoms with Gasteiger partial charge in [-0.05, 0) is 0 Å². The number of carbonyl (C=O) groups is 1. The molecule has 0 saturated heterocycles. The SMILES string of the molecule is C=CCC(=O)OCCCO. The molecule has 0 spiro atoms. The number of hydrogen-bond acceptors (Lipinski definition) is 3. The lowest BCUT2D eigenvalue weighted by Crippen LogP contribution is -2.05. The van der Waals surface area contributed by atoms with Crippen LogP contribution in [0.4, 0.5) is 0 Å². The zero-order chi connectivity index (χ0) is 7.82. The minimum atomic E-state index is -0.288. The molecule has 0 rings (SSSR count). The first-order valence-electron chi connectivity index (χ1n) is 3.18. The van der Waals surface area contributed by atoms with E-state index >= 15 is 0 Å². The number of hydrogen-bond donors (Lipinski definition) is 1. The third kappa shape index (κ3) is 5.31. The minimum Gasteiger partial charge on any atom is -0.465 e. The molecular formula is C7H12O3. The van der Waals surface area contributed by atoms with Gasteiger partial charge in [-0.15, -0.1) is 6.58 Å².